The normalized spacial score (nSPS) is 13.0. The summed E-state index contributed by atoms with van der Waals surface area (Å²) in [6, 6.07) is 2.25. The molecule has 5 nitrogen and oxygen atoms in total. The van der Waals surface area contributed by atoms with Crippen molar-refractivity contribution in [2.45, 2.75) is 32.0 Å². The lowest BCUT2D eigenvalue weighted by Crippen LogP contribution is -2.25. The highest BCUT2D eigenvalue weighted by Crippen LogP contribution is 2.35. The third kappa shape index (κ3) is 4.89. The molecule has 8 heteroatoms. The molecule has 118 valence electrons. The van der Waals surface area contributed by atoms with Crippen LogP contribution >= 0.6 is 0 Å². The van der Waals surface area contributed by atoms with Crippen LogP contribution in [0.3, 0.4) is 0 Å². The number of nitro benzene ring substituents is 1. The van der Waals surface area contributed by atoms with E-state index in [1.54, 1.807) is 0 Å². The highest BCUT2D eigenvalue weighted by Gasteiger charge is 2.33. The first-order valence-electron chi connectivity index (χ1n) is 6.40. The van der Waals surface area contributed by atoms with E-state index in [0.29, 0.717) is 19.1 Å². The molecule has 0 radical (unpaired) electrons. The standard InChI is InChI=1S/C13H17F3N2O3/c1-3-4-10(8-21-2)17-11-6-5-9(13(14,15)16)7-12(11)18(19)20/h5-7,10,17H,3-4,8H2,1-2H3. The number of halogens is 3. The molecule has 0 aliphatic rings. The Hall–Kier alpha value is -1.83. The van der Waals surface area contributed by atoms with E-state index >= 15 is 0 Å². The van der Waals surface area contributed by atoms with Crippen LogP contribution in [-0.2, 0) is 10.9 Å². The van der Waals surface area contributed by atoms with Crippen LogP contribution in [0.4, 0.5) is 24.5 Å². The van der Waals surface area contributed by atoms with Gasteiger partial charge in [0.25, 0.3) is 5.69 Å². The zero-order valence-corrected chi connectivity index (χ0v) is 11.7. The van der Waals surface area contributed by atoms with Crippen LogP contribution < -0.4 is 5.32 Å². The Bertz CT molecular complexity index is 486. The van der Waals surface area contributed by atoms with Gasteiger partial charge in [0.05, 0.1) is 17.1 Å². The van der Waals surface area contributed by atoms with Gasteiger partial charge in [0.1, 0.15) is 5.69 Å². The summed E-state index contributed by atoms with van der Waals surface area (Å²) in [5.74, 6) is 0. The number of nitro groups is 1. The molecule has 0 saturated carbocycles. The van der Waals surface area contributed by atoms with Crippen LogP contribution in [0.5, 0.6) is 0 Å². The van der Waals surface area contributed by atoms with Crippen molar-refractivity contribution in [3.8, 4) is 0 Å². The molecule has 0 spiro atoms. The van der Waals surface area contributed by atoms with E-state index in [4.69, 9.17) is 4.74 Å². The molecule has 0 aromatic heterocycles. The number of hydrogen-bond donors (Lipinski definition) is 1. The number of ether oxygens (including phenoxy) is 1. The van der Waals surface area contributed by atoms with Crippen molar-refractivity contribution in [1.29, 1.82) is 0 Å². The molecular formula is C13H17F3N2O3. The number of rotatable bonds is 7. The summed E-state index contributed by atoms with van der Waals surface area (Å²) >= 11 is 0. The maximum Gasteiger partial charge on any atom is 0.416 e. The van der Waals surface area contributed by atoms with Crippen molar-refractivity contribution in [3.63, 3.8) is 0 Å². The molecule has 0 aliphatic heterocycles. The molecule has 1 rings (SSSR count). The number of nitrogens with zero attached hydrogens (tertiary/aromatic N) is 1. The van der Waals surface area contributed by atoms with Crippen molar-refractivity contribution in [2.24, 2.45) is 0 Å². The van der Waals surface area contributed by atoms with Gasteiger partial charge < -0.3 is 10.1 Å². The number of nitrogens with one attached hydrogen (secondary N) is 1. The molecule has 0 heterocycles. The number of alkyl halides is 3. The first-order valence-corrected chi connectivity index (χ1v) is 6.40. The minimum atomic E-state index is -4.61. The summed E-state index contributed by atoms with van der Waals surface area (Å²) in [7, 11) is 1.49. The average Bonchev–Trinajstić information content (AvgIpc) is 2.38. The molecule has 0 amide bonds. The van der Waals surface area contributed by atoms with Gasteiger partial charge in [-0.1, -0.05) is 13.3 Å². The monoisotopic (exact) mass is 306 g/mol. The van der Waals surface area contributed by atoms with Gasteiger partial charge in [-0.15, -0.1) is 0 Å². The first-order chi connectivity index (χ1) is 9.79. The maximum absolute atomic E-state index is 12.6. The predicted molar refractivity (Wildman–Crippen MR) is 72.3 cm³/mol. The molecule has 1 atom stereocenters. The molecule has 21 heavy (non-hydrogen) atoms. The van der Waals surface area contributed by atoms with Crippen LogP contribution in [0.15, 0.2) is 18.2 Å². The quantitative estimate of drug-likeness (QED) is 0.614. The van der Waals surface area contributed by atoms with Gasteiger partial charge in [0.2, 0.25) is 0 Å². The first kappa shape index (κ1) is 17.2. The van der Waals surface area contributed by atoms with Crippen molar-refractivity contribution in [3.05, 3.63) is 33.9 Å². The largest absolute Gasteiger partial charge is 0.416 e. The fourth-order valence-electron chi connectivity index (χ4n) is 1.95. The van der Waals surface area contributed by atoms with Crippen LogP contribution in [0.25, 0.3) is 0 Å². The predicted octanol–water partition coefficient (Wildman–Crippen LogP) is 3.84. The summed E-state index contributed by atoms with van der Waals surface area (Å²) in [5.41, 5.74) is -1.58. The molecule has 0 bridgehead atoms. The second-order valence-corrected chi connectivity index (χ2v) is 4.57. The highest BCUT2D eigenvalue weighted by atomic mass is 19.4. The fraction of sp³-hybridized carbons (Fsp3) is 0.538. The van der Waals surface area contributed by atoms with Gasteiger partial charge in [0.15, 0.2) is 0 Å². The van der Waals surface area contributed by atoms with E-state index in [2.05, 4.69) is 5.32 Å². The SMILES string of the molecule is CCCC(COC)Nc1ccc(C(F)(F)F)cc1[N+](=O)[O-]. The smallest absolute Gasteiger partial charge is 0.383 e. The number of benzene rings is 1. The third-order valence-corrected chi connectivity index (χ3v) is 2.89. The van der Waals surface area contributed by atoms with Crippen molar-refractivity contribution in [2.75, 3.05) is 19.0 Å². The van der Waals surface area contributed by atoms with E-state index < -0.39 is 22.4 Å². The third-order valence-electron chi connectivity index (χ3n) is 2.89. The minimum absolute atomic E-state index is 0.0588. The van der Waals surface area contributed by atoms with Crippen LogP contribution in [0.1, 0.15) is 25.3 Å². The van der Waals surface area contributed by atoms with Crippen molar-refractivity contribution >= 4 is 11.4 Å². The van der Waals surface area contributed by atoms with E-state index in [0.717, 1.165) is 18.6 Å². The highest BCUT2D eigenvalue weighted by molar-refractivity contribution is 5.63. The van der Waals surface area contributed by atoms with Gasteiger partial charge in [-0.05, 0) is 18.6 Å². The second-order valence-electron chi connectivity index (χ2n) is 4.57. The zero-order valence-electron chi connectivity index (χ0n) is 11.7. The van der Waals surface area contributed by atoms with Gasteiger partial charge in [-0.3, -0.25) is 10.1 Å². The van der Waals surface area contributed by atoms with Gasteiger partial charge >= 0.3 is 6.18 Å². The average molecular weight is 306 g/mol. The molecule has 0 fully saturated rings. The van der Waals surface area contributed by atoms with Gasteiger partial charge in [-0.2, -0.15) is 13.2 Å². The second kappa shape index (κ2) is 7.26. The molecule has 1 N–H and O–H groups in total. The van der Waals surface area contributed by atoms with Crippen LogP contribution in [0.2, 0.25) is 0 Å². The number of hydrogen-bond acceptors (Lipinski definition) is 4. The van der Waals surface area contributed by atoms with Crippen LogP contribution in [-0.4, -0.2) is 24.7 Å². The molecule has 0 saturated heterocycles. The molecular weight excluding hydrogens is 289 g/mol. The van der Waals surface area contributed by atoms with Crippen molar-refractivity contribution in [1.82, 2.24) is 0 Å². The number of anilines is 1. The number of methoxy groups -OCH3 is 1. The topological polar surface area (TPSA) is 64.4 Å². The molecule has 1 aromatic carbocycles. The van der Waals surface area contributed by atoms with Crippen molar-refractivity contribution < 1.29 is 22.8 Å². The fourth-order valence-corrected chi connectivity index (χ4v) is 1.95. The van der Waals surface area contributed by atoms with Gasteiger partial charge in [-0.25, -0.2) is 0 Å². The Morgan fingerprint density at radius 2 is 2.10 bits per heavy atom. The Morgan fingerprint density at radius 3 is 2.57 bits per heavy atom. The molecule has 1 aromatic rings. The van der Waals surface area contributed by atoms with E-state index in [1.165, 1.54) is 7.11 Å². The molecule has 1 unspecified atom stereocenters. The Kier molecular flexibility index (Phi) is 5.95. The minimum Gasteiger partial charge on any atom is -0.383 e. The van der Waals surface area contributed by atoms with Crippen LogP contribution in [0, 0.1) is 10.1 Å². The van der Waals surface area contributed by atoms with E-state index in [9.17, 15) is 23.3 Å². The van der Waals surface area contributed by atoms with E-state index in [-0.39, 0.29) is 11.7 Å². The molecule has 0 aliphatic carbocycles. The Morgan fingerprint density at radius 1 is 1.43 bits per heavy atom. The lowest BCUT2D eigenvalue weighted by atomic mass is 10.1. The van der Waals surface area contributed by atoms with Gasteiger partial charge in [0, 0.05) is 19.2 Å². The Labute approximate surface area is 120 Å². The summed E-state index contributed by atoms with van der Waals surface area (Å²) in [4.78, 5) is 10.1. The zero-order chi connectivity index (χ0) is 16.0. The lowest BCUT2D eigenvalue weighted by Gasteiger charge is -2.19. The summed E-state index contributed by atoms with van der Waals surface area (Å²) in [6.45, 7) is 2.25. The van der Waals surface area contributed by atoms with E-state index in [1.807, 2.05) is 6.92 Å². The Balaban J connectivity index is 3.08. The lowest BCUT2D eigenvalue weighted by molar-refractivity contribution is -0.384. The summed E-state index contributed by atoms with van der Waals surface area (Å²) in [5, 5.41) is 13.8. The summed E-state index contributed by atoms with van der Waals surface area (Å²) < 4.78 is 42.8. The maximum atomic E-state index is 12.6. The summed E-state index contributed by atoms with van der Waals surface area (Å²) in [6.07, 6.45) is -3.11.